The summed E-state index contributed by atoms with van der Waals surface area (Å²) in [6.45, 7) is 7.71. The second-order valence-corrected chi connectivity index (χ2v) is 4.58. The quantitative estimate of drug-likeness (QED) is 0.693. The molecule has 0 aliphatic carbocycles. The summed E-state index contributed by atoms with van der Waals surface area (Å²) < 4.78 is 0. The fourth-order valence-electron chi connectivity index (χ4n) is 1.29. The third-order valence-electron chi connectivity index (χ3n) is 2.20. The fourth-order valence-corrected chi connectivity index (χ4v) is 1.29. The Bertz CT molecular complexity index is 262. The highest BCUT2D eigenvalue weighted by atomic mass is 16.3. The van der Waals surface area contributed by atoms with Crippen molar-refractivity contribution in [1.82, 2.24) is 0 Å². The molecule has 3 heteroatoms. The van der Waals surface area contributed by atoms with Crippen molar-refractivity contribution < 1.29 is 5.11 Å². The van der Waals surface area contributed by atoms with Crippen molar-refractivity contribution in [1.29, 1.82) is 0 Å². The van der Waals surface area contributed by atoms with Crippen LogP contribution in [0.4, 0.5) is 11.4 Å². The van der Waals surface area contributed by atoms with Crippen LogP contribution < -0.4 is 10.6 Å². The van der Waals surface area contributed by atoms with Crippen LogP contribution in [0.1, 0.15) is 20.8 Å². The second kappa shape index (κ2) is 6.38. The molecule has 3 nitrogen and oxygen atoms in total. The molecule has 0 saturated carbocycles. The van der Waals surface area contributed by atoms with Crippen molar-refractivity contribution in [2.24, 2.45) is 5.92 Å². The molecule has 0 radical (unpaired) electrons. The minimum atomic E-state index is -0.321. The van der Waals surface area contributed by atoms with Crippen LogP contribution >= 0.6 is 0 Å². The van der Waals surface area contributed by atoms with Gasteiger partial charge in [0.2, 0.25) is 0 Å². The van der Waals surface area contributed by atoms with E-state index in [9.17, 15) is 0 Å². The van der Waals surface area contributed by atoms with E-state index in [4.69, 9.17) is 5.11 Å². The van der Waals surface area contributed by atoms with Crippen LogP contribution in [0.15, 0.2) is 24.3 Å². The van der Waals surface area contributed by atoms with Crippen molar-refractivity contribution in [2.45, 2.75) is 26.9 Å². The Morgan fingerprint density at radius 2 is 1.38 bits per heavy atom. The minimum Gasteiger partial charge on any atom is -0.392 e. The van der Waals surface area contributed by atoms with E-state index in [1.807, 2.05) is 24.3 Å². The molecule has 16 heavy (non-hydrogen) atoms. The molecular formula is C13H22N2O. The molecule has 0 saturated heterocycles. The Labute approximate surface area is 97.9 Å². The van der Waals surface area contributed by atoms with Gasteiger partial charge in [-0.1, -0.05) is 13.8 Å². The standard InChI is InChI=1S/C13H22N2O/c1-10(2)8-14-12-4-6-13(7-5-12)15-9-11(3)16/h4-7,10-11,14-16H,8-9H2,1-3H3. The molecule has 3 N–H and O–H groups in total. The Morgan fingerprint density at radius 1 is 0.938 bits per heavy atom. The SMILES string of the molecule is CC(C)CNc1ccc(NCC(C)O)cc1. The third-order valence-corrected chi connectivity index (χ3v) is 2.20. The van der Waals surface area contributed by atoms with Gasteiger partial charge >= 0.3 is 0 Å². The zero-order valence-corrected chi connectivity index (χ0v) is 10.3. The average molecular weight is 222 g/mol. The van der Waals surface area contributed by atoms with E-state index < -0.39 is 0 Å². The normalized spacial score (nSPS) is 12.6. The van der Waals surface area contributed by atoms with Crippen LogP contribution in [0, 0.1) is 5.92 Å². The minimum absolute atomic E-state index is 0.321. The molecule has 1 unspecified atom stereocenters. The Hall–Kier alpha value is -1.22. The summed E-state index contributed by atoms with van der Waals surface area (Å²) in [5.41, 5.74) is 2.17. The Kier molecular flexibility index (Phi) is 5.12. The van der Waals surface area contributed by atoms with E-state index >= 15 is 0 Å². The summed E-state index contributed by atoms with van der Waals surface area (Å²) in [4.78, 5) is 0. The van der Waals surface area contributed by atoms with Crippen molar-refractivity contribution >= 4 is 11.4 Å². The van der Waals surface area contributed by atoms with Gasteiger partial charge in [-0.25, -0.2) is 0 Å². The molecule has 0 aliphatic heterocycles. The molecule has 0 spiro atoms. The number of aliphatic hydroxyl groups excluding tert-OH is 1. The first kappa shape index (κ1) is 12.8. The maximum absolute atomic E-state index is 9.14. The van der Waals surface area contributed by atoms with Gasteiger partial charge in [-0.3, -0.25) is 0 Å². The molecular weight excluding hydrogens is 200 g/mol. The maximum atomic E-state index is 9.14. The van der Waals surface area contributed by atoms with E-state index in [0.29, 0.717) is 12.5 Å². The van der Waals surface area contributed by atoms with Gasteiger partial charge in [-0.2, -0.15) is 0 Å². The average Bonchev–Trinajstić information content (AvgIpc) is 2.25. The van der Waals surface area contributed by atoms with Crippen LogP contribution in [0.3, 0.4) is 0 Å². The smallest absolute Gasteiger partial charge is 0.0684 e. The van der Waals surface area contributed by atoms with E-state index in [1.165, 1.54) is 0 Å². The van der Waals surface area contributed by atoms with Crippen molar-refractivity contribution in [2.75, 3.05) is 23.7 Å². The second-order valence-electron chi connectivity index (χ2n) is 4.58. The van der Waals surface area contributed by atoms with Gasteiger partial charge in [-0.05, 0) is 37.1 Å². The van der Waals surface area contributed by atoms with Gasteiger partial charge in [0, 0.05) is 24.5 Å². The molecule has 1 aromatic rings. The van der Waals surface area contributed by atoms with Crippen LogP contribution in [0.2, 0.25) is 0 Å². The van der Waals surface area contributed by atoms with Crippen molar-refractivity contribution in [3.8, 4) is 0 Å². The summed E-state index contributed by atoms with van der Waals surface area (Å²) >= 11 is 0. The first-order chi connectivity index (χ1) is 7.58. The molecule has 0 bridgehead atoms. The molecule has 90 valence electrons. The predicted molar refractivity (Wildman–Crippen MR) is 69.9 cm³/mol. The van der Waals surface area contributed by atoms with Crippen molar-refractivity contribution in [3.63, 3.8) is 0 Å². The van der Waals surface area contributed by atoms with E-state index in [0.717, 1.165) is 17.9 Å². The van der Waals surface area contributed by atoms with Crippen LogP contribution in [0.5, 0.6) is 0 Å². The molecule has 0 heterocycles. The third kappa shape index (κ3) is 5.03. The fraction of sp³-hybridized carbons (Fsp3) is 0.538. The van der Waals surface area contributed by atoms with Crippen LogP contribution in [-0.2, 0) is 0 Å². The first-order valence-electron chi connectivity index (χ1n) is 5.84. The topological polar surface area (TPSA) is 44.3 Å². The van der Waals surface area contributed by atoms with Gasteiger partial charge in [0.1, 0.15) is 0 Å². The highest BCUT2D eigenvalue weighted by Gasteiger charge is 1.97. The maximum Gasteiger partial charge on any atom is 0.0684 e. The number of benzene rings is 1. The van der Waals surface area contributed by atoms with E-state index in [1.54, 1.807) is 6.92 Å². The number of anilines is 2. The van der Waals surface area contributed by atoms with Gasteiger partial charge in [0.25, 0.3) is 0 Å². The summed E-state index contributed by atoms with van der Waals surface area (Å²) in [6.07, 6.45) is -0.321. The lowest BCUT2D eigenvalue weighted by atomic mass is 10.2. The summed E-state index contributed by atoms with van der Waals surface area (Å²) in [5.74, 6) is 0.646. The lowest BCUT2D eigenvalue weighted by Crippen LogP contribution is -2.15. The largest absolute Gasteiger partial charge is 0.392 e. The number of aliphatic hydroxyl groups is 1. The summed E-state index contributed by atoms with van der Waals surface area (Å²) in [7, 11) is 0. The van der Waals surface area contributed by atoms with Crippen molar-refractivity contribution in [3.05, 3.63) is 24.3 Å². The lowest BCUT2D eigenvalue weighted by molar-refractivity contribution is 0.208. The van der Waals surface area contributed by atoms with E-state index in [-0.39, 0.29) is 6.10 Å². The Balaban J connectivity index is 2.41. The number of nitrogens with one attached hydrogen (secondary N) is 2. The van der Waals surface area contributed by atoms with Crippen LogP contribution in [-0.4, -0.2) is 24.3 Å². The molecule has 0 amide bonds. The molecule has 0 aliphatic rings. The highest BCUT2D eigenvalue weighted by Crippen LogP contribution is 2.13. The zero-order chi connectivity index (χ0) is 12.0. The predicted octanol–water partition coefficient (Wildman–Crippen LogP) is 2.55. The number of hydrogen-bond acceptors (Lipinski definition) is 3. The molecule has 0 aromatic heterocycles. The van der Waals surface area contributed by atoms with Gasteiger partial charge in [-0.15, -0.1) is 0 Å². The number of hydrogen-bond donors (Lipinski definition) is 3. The monoisotopic (exact) mass is 222 g/mol. The molecule has 1 rings (SSSR count). The van der Waals surface area contributed by atoms with Gasteiger partial charge in [0.05, 0.1) is 6.10 Å². The Morgan fingerprint density at radius 3 is 1.75 bits per heavy atom. The molecule has 0 fully saturated rings. The van der Waals surface area contributed by atoms with E-state index in [2.05, 4.69) is 24.5 Å². The highest BCUT2D eigenvalue weighted by molar-refractivity contribution is 5.53. The van der Waals surface area contributed by atoms with Gasteiger partial charge in [0.15, 0.2) is 0 Å². The summed E-state index contributed by atoms with van der Waals surface area (Å²) in [6, 6.07) is 8.13. The van der Waals surface area contributed by atoms with Crippen LogP contribution in [0.25, 0.3) is 0 Å². The van der Waals surface area contributed by atoms with Gasteiger partial charge < -0.3 is 15.7 Å². The zero-order valence-electron chi connectivity index (χ0n) is 10.3. The first-order valence-corrected chi connectivity index (χ1v) is 5.84. The molecule has 1 atom stereocenters. The lowest BCUT2D eigenvalue weighted by Gasteiger charge is -2.11. The number of rotatable bonds is 6. The molecule has 1 aromatic carbocycles. The summed E-state index contributed by atoms with van der Waals surface area (Å²) in [5, 5.41) is 15.7.